The van der Waals surface area contributed by atoms with E-state index in [1.165, 1.54) is 12.8 Å². The molecule has 1 atom stereocenters. The minimum atomic E-state index is 0.327. The fourth-order valence-corrected chi connectivity index (χ4v) is 1.52. The Hall–Kier alpha value is -0.0800. The highest BCUT2D eigenvalue weighted by Crippen LogP contribution is 2.09. The third-order valence-electron chi connectivity index (χ3n) is 2.22. The van der Waals surface area contributed by atoms with E-state index in [0.717, 1.165) is 25.4 Å². The van der Waals surface area contributed by atoms with E-state index in [1.54, 1.807) is 0 Å². The Labute approximate surface area is 82.7 Å². The molecule has 0 aromatic rings. The summed E-state index contributed by atoms with van der Waals surface area (Å²) in [6.45, 7) is 9.11. The molecular weight excluding hydrogens is 162 g/mol. The van der Waals surface area contributed by atoms with Crippen LogP contribution >= 0.6 is 0 Å². The van der Waals surface area contributed by atoms with Crippen molar-refractivity contribution < 1.29 is 5.11 Å². The molecule has 0 saturated heterocycles. The third kappa shape index (κ3) is 8.26. The van der Waals surface area contributed by atoms with Gasteiger partial charge < -0.3 is 10.4 Å². The fourth-order valence-electron chi connectivity index (χ4n) is 1.52. The Balaban J connectivity index is 3.44. The van der Waals surface area contributed by atoms with Crippen LogP contribution in [-0.4, -0.2) is 24.8 Å². The fraction of sp³-hybridized carbons (Fsp3) is 1.00. The zero-order chi connectivity index (χ0) is 10.1. The molecule has 0 rings (SSSR count). The van der Waals surface area contributed by atoms with Crippen LogP contribution in [0.2, 0.25) is 0 Å². The zero-order valence-corrected chi connectivity index (χ0v) is 9.34. The molecule has 0 aromatic carbocycles. The molecule has 80 valence electrons. The Morgan fingerprint density at radius 1 is 1.15 bits per heavy atom. The first kappa shape index (κ1) is 12.9. The quantitative estimate of drug-likeness (QED) is 0.609. The largest absolute Gasteiger partial charge is 0.396 e. The monoisotopic (exact) mass is 187 g/mol. The summed E-state index contributed by atoms with van der Waals surface area (Å²) in [6, 6.07) is 0. The average Bonchev–Trinajstić information content (AvgIpc) is 2.04. The van der Waals surface area contributed by atoms with E-state index < -0.39 is 0 Å². The Bertz CT molecular complexity index is 98.3. The summed E-state index contributed by atoms with van der Waals surface area (Å²) in [5.41, 5.74) is 0. The van der Waals surface area contributed by atoms with Crippen LogP contribution in [0.15, 0.2) is 0 Å². The van der Waals surface area contributed by atoms with Crippen LogP contribution in [0, 0.1) is 11.8 Å². The van der Waals surface area contributed by atoms with Crippen LogP contribution in [0.4, 0.5) is 0 Å². The van der Waals surface area contributed by atoms with E-state index in [9.17, 15) is 0 Å². The van der Waals surface area contributed by atoms with Crippen molar-refractivity contribution in [1.82, 2.24) is 5.32 Å². The number of hydrogen-bond donors (Lipinski definition) is 2. The second-order valence-electron chi connectivity index (χ2n) is 4.22. The molecule has 13 heavy (non-hydrogen) atoms. The van der Waals surface area contributed by atoms with Gasteiger partial charge in [0.1, 0.15) is 0 Å². The van der Waals surface area contributed by atoms with Crippen LogP contribution in [0.25, 0.3) is 0 Å². The highest BCUT2D eigenvalue weighted by Gasteiger charge is 2.06. The van der Waals surface area contributed by atoms with Crippen molar-refractivity contribution in [3.63, 3.8) is 0 Å². The van der Waals surface area contributed by atoms with Gasteiger partial charge in [0, 0.05) is 6.61 Å². The summed E-state index contributed by atoms with van der Waals surface area (Å²) in [7, 11) is 0. The van der Waals surface area contributed by atoms with Crippen LogP contribution < -0.4 is 5.32 Å². The van der Waals surface area contributed by atoms with Crippen LogP contribution in [0.5, 0.6) is 0 Å². The Morgan fingerprint density at radius 2 is 1.85 bits per heavy atom. The van der Waals surface area contributed by atoms with Gasteiger partial charge in [0.15, 0.2) is 0 Å². The number of nitrogens with one attached hydrogen (secondary N) is 1. The maximum atomic E-state index is 8.84. The summed E-state index contributed by atoms with van der Waals surface area (Å²) in [5.74, 6) is 1.38. The summed E-state index contributed by atoms with van der Waals surface area (Å²) < 4.78 is 0. The first-order valence-electron chi connectivity index (χ1n) is 5.52. The van der Waals surface area contributed by atoms with Crippen molar-refractivity contribution in [2.45, 2.75) is 40.0 Å². The van der Waals surface area contributed by atoms with Crippen molar-refractivity contribution in [2.75, 3.05) is 19.7 Å². The minimum Gasteiger partial charge on any atom is -0.396 e. The molecule has 0 bridgehead atoms. The van der Waals surface area contributed by atoms with Gasteiger partial charge in [-0.3, -0.25) is 0 Å². The van der Waals surface area contributed by atoms with Gasteiger partial charge in [-0.25, -0.2) is 0 Å². The SMILES string of the molecule is CCCC(CCO)CNCC(C)C. The number of rotatable bonds is 8. The molecule has 0 amide bonds. The molecule has 0 aromatic heterocycles. The van der Waals surface area contributed by atoms with Crippen molar-refractivity contribution in [3.8, 4) is 0 Å². The standard InChI is InChI=1S/C11H25NO/c1-4-5-11(6-7-13)9-12-8-10(2)3/h10-13H,4-9H2,1-3H3. The lowest BCUT2D eigenvalue weighted by Crippen LogP contribution is -2.27. The molecule has 0 heterocycles. The normalized spacial score (nSPS) is 13.6. The number of aliphatic hydroxyl groups excluding tert-OH is 1. The molecule has 0 aliphatic heterocycles. The highest BCUT2D eigenvalue weighted by atomic mass is 16.3. The topological polar surface area (TPSA) is 32.3 Å². The molecule has 0 spiro atoms. The van der Waals surface area contributed by atoms with E-state index in [2.05, 4.69) is 26.1 Å². The molecule has 0 saturated carbocycles. The first-order chi connectivity index (χ1) is 6.20. The van der Waals surface area contributed by atoms with E-state index in [0.29, 0.717) is 12.5 Å². The lowest BCUT2D eigenvalue weighted by atomic mass is 10.00. The third-order valence-corrected chi connectivity index (χ3v) is 2.22. The van der Waals surface area contributed by atoms with Gasteiger partial charge in [0.05, 0.1) is 0 Å². The minimum absolute atomic E-state index is 0.327. The van der Waals surface area contributed by atoms with Gasteiger partial charge >= 0.3 is 0 Å². The predicted molar refractivity (Wildman–Crippen MR) is 57.8 cm³/mol. The molecule has 2 heteroatoms. The molecule has 0 radical (unpaired) electrons. The summed E-state index contributed by atoms with van der Waals surface area (Å²) >= 11 is 0. The maximum absolute atomic E-state index is 8.84. The summed E-state index contributed by atoms with van der Waals surface area (Å²) in [6.07, 6.45) is 3.39. The van der Waals surface area contributed by atoms with Gasteiger partial charge in [0.2, 0.25) is 0 Å². The van der Waals surface area contributed by atoms with Crippen molar-refractivity contribution in [3.05, 3.63) is 0 Å². The molecule has 0 aliphatic rings. The van der Waals surface area contributed by atoms with Crippen molar-refractivity contribution >= 4 is 0 Å². The first-order valence-corrected chi connectivity index (χ1v) is 5.52. The smallest absolute Gasteiger partial charge is 0.0434 e. The average molecular weight is 187 g/mol. The maximum Gasteiger partial charge on any atom is 0.0434 e. The molecule has 2 nitrogen and oxygen atoms in total. The van der Waals surface area contributed by atoms with Gasteiger partial charge in [-0.15, -0.1) is 0 Å². The second-order valence-corrected chi connectivity index (χ2v) is 4.22. The molecule has 2 N–H and O–H groups in total. The predicted octanol–water partition coefficient (Wildman–Crippen LogP) is 2.03. The molecule has 0 aliphatic carbocycles. The molecular formula is C11H25NO. The van der Waals surface area contributed by atoms with Crippen LogP contribution in [-0.2, 0) is 0 Å². The number of aliphatic hydroxyl groups is 1. The van der Waals surface area contributed by atoms with Crippen molar-refractivity contribution in [1.29, 1.82) is 0 Å². The van der Waals surface area contributed by atoms with E-state index in [4.69, 9.17) is 5.11 Å². The van der Waals surface area contributed by atoms with Gasteiger partial charge in [-0.2, -0.15) is 0 Å². The second kappa shape index (κ2) is 8.52. The van der Waals surface area contributed by atoms with Crippen molar-refractivity contribution in [2.24, 2.45) is 11.8 Å². The van der Waals surface area contributed by atoms with E-state index >= 15 is 0 Å². The summed E-state index contributed by atoms with van der Waals surface area (Å²) in [5, 5.41) is 12.3. The van der Waals surface area contributed by atoms with E-state index in [1.807, 2.05) is 0 Å². The Morgan fingerprint density at radius 3 is 2.31 bits per heavy atom. The molecule has 1 unspecified atom stereocenters. The van der Waals surface area contributed by atoms with Gasteiger partial charge in [-0.1, -0.05) is 27.2 Å². The van der Waals surface area contributed by atoms with E-state index in [-0.39, 0.29) is 0 Å². The van der Waals surface area contributed by atoms with Crippen LogP contribution in [0.1, 0.15) is 40.0 Å². The highest BCUT2D eigenvalue weighted by molar-refractivity contribution is 4.62. The van der Waals surface area contributed by atoms with Gasteiger partial charge in [0.25, 0.3) is 0 Å². The number of hydrogen-bond acceptors (Lipinski definition) is 2. The van der Waals surface area contributed by atoms with Crippen LogP contribution in [0.3, 0.4) is 0 Å². The zero-order valence-electron chi connectivity index (χ0n) is 9.34. The summed E-state index contributed by atoms with van der Waals surface area (Å²) in [4.78, 5) is 0. The lowest BCUT2D eigenvalue weighted by molar-refractivity contribution is 0.247. The molecule has 0 fully saturated rings. The Kier molecular flexibility index (Phi) is 8.46. The lowest BCUT2D eigenvalue weighted by Gasteiger charge is -2.16. The van der Waals surface area contributed by atoms with Gasteiger partial charge in [-0.05, 0) is 37.8 Å².